The summed E-state index contributed by atoms with van der Waals surface area (Å²) in [6.45, 7) is 48.2. The van der Waals surface area contributed by atoms with Crippen molar-refractivity contribution in [3.8, 4) is 0 Å². The van der Waals surface area contributed by atoms with Gasteiger partial charge in [0.1, 0.15) is 6.54 Å². The average molecular weight is 1070 g/mol. The molecule has 0 unspecified atom stereocenters. The average Bonchev–Trinajstić information content (AvgIpc) is 3.14. The molecule has 6 heteroatoms. The number of halogens is 3. The van der Waals surface area contributed by atoms with Gasteiger partial charge in [-0.05, 0) is 95.4 Å². The van der Waals surface area contributed by atoms with Gasteiger partial charge in [0.2, 0.25) is 0 Å². The number of hydrogen-bond acceptors (Lipinski definition) is 2. The second-order valence-corrected chi connectivity index (χ2v) is 19.2. The van der Waals surface area contributed by atoms with Crippen molar-refractivity contribution in [2.45, 2.75) is 160 Å². The Morgan fingerprint density at radius 2 is 0.821 bits per heavy atom. The van der Waals surface area contributed by atoms with Crippen LogP contribution in [0.4, 0.5) is 0 Å². The first-order chi connectivity index (χ1) is 25.2. The molecule has 0 saturated heterocycles. The van der Waals surface area contributed by atoms with Gasteiger partial charge in [-0.25, -0.2) is 0 Å². The van der Waals surface area contributed by atoms with Gasteiger partial charge < -0.3 is 33.8 Å². The standard InChI is InChI=1S/C17H30N.C15H25N.C11H15Br.C4H11N.C2H5I.CH4.HI/c1-7-18(8-2,9-3)14-15-10-12-16(13-11-15)17(4,5)6;1-6-16(7-2)12-13-8-10-14(11-9-13)15(3,4)5;1-11(2,3)10-6-4-9(8-12)5-7-10;1-3-5-4-2;1-2-3;;/h10-13H,7-9,14H2,1-6H3;8-11H,6-7,12H2,1-5H3;4-7H,8H2,1-3H3;5H,3-4H2,1-2H3;2H2,1H3;1H4;1H/q+1;;;;;;/p-1. The molecule has 0 aliphatic rings. The Morgan fingerprint density at radius 3 is 1.04 bits per heavy atom. The maximum atomic E-state index is 3.43. The number of quaternary nitrogens is 1. The molecular weight excluding hydrogens is 976 g/mol. The Hall–Kier alpha value is -0.520. The van der Waals surface area contributed by atoms with Gasteiger partial charge in [-0.15, -0.1) is 0 Å². The fourth-order valence-electron chi connectivity index (χ4n) is 5.66. The third-order valence-corrected chi connectivity index (χ3v) is 10.6. The summed E-state index contributed by atoms with van der Waals surface area (Å²) in [6.07, 6.45) is 0. The molecule has 0 aliphatic heterocycles. The van der Waals surface area contributed by atoms with Crippen LogP contribution in [0.25, 0.3) is 0 Å². The van der Waals surface area contributed by atoms with Crippen molar-refractivity contribution in [3.05, 3.63) is 106 Å². The highest BCUT2D eigenvalue weighted by Crippen LogP contribution is 2.25. The van der Waals surface area contributed by atoms with Crippen molar-refractivity contribution >= 4 is 38.5 Å². The number of nitrogens with one attached hydrogen (secondary N) is 1. The van der Waals surface area contributed by atoms with Crippen LogP contribution in [-0.2, 0) is 34.7 Å². The van der Waals surface area contributed by atoms with Crippen molar-refractivity contribution in [3.63, 3.8) is 0 Å². The Morgan fingerprint density at radius 1 is 0.536 bits per heavy atom. The maximum absolute atomic E-state index is 3.43. The number of nitrogens with zero attached hydrogens (tertiary/aromatic N) is 2. The number of alkyl halides is 2. The van der Waals surface area contributed by atoms with Crippen molar-refractivity contribution in [1.29, 1.82) is 0 Å². The summed E-state index contributed by atoms with van der Waals surface area (Å²) < 4.78 is 2.41. The lowest BCUT2D eigenvalue weighted by atomic mass is 9.86. The number of benzene rings is 3. The first-order valence-electron chi connectivity index (χ1n) is 20.9. The van der Waals surface area contributed by atoms with Crippen molar-refractivity contribution in [2.24, 2.45) is 0 Å². The molecule has 56 heavy (non-hydrogen) atoms. The van der Waals surface area contributed by atoms with Crippen LogP contribution in [-0.4, -0.2) is 59.6 Å². The summed E-state index contributed by atoms with van der Waals surface area (Å²) in [5.74, 6) is 0. The second kappa shape index (κ2) is 33.2. The molecule has 0 saturated carbocycles. The molecule has 3 rings (SSSR count). The molecule has 0 atom stereocenters. The molecule has 0 heterocycles. The van der Waals surface area contributed by atoms with Crippen LogP contribution in [0.2, 0.25) is 0 Å². The zero-order chi connectivity index (χ0) is 42.0. The quantitative estimate of drug-likeness (QED) is 0.110. The zero-order valence-electron chi connectivity index (χ0n) is 38.7. The Labute approximate surface area is 390 Å². The minimum Gasteiger partial charge on any atom is -1.00 e. The number of rotatable bonds is 12. The Balaban J connectivity index is -0.000000328. The smallest absolute Gasteiger partial charge is 0.104 e. The molecule has 3 nitrogen and oxygen atoms in total. The second-order valence-electron chi connectivity index (χ2n) is 17.1. The maximum Gasteiger partial charge on any atom is 0.104 e. The Kier molecular flexibility index (Phi) is 36.9. The fraction of sp³-hybridized carbons (Fsp3) is 0.640. The van der Waals surface area contributed by atoms with E-state index in [2.05, 4.69) is 239 Å². The van der Waals surface area contributed by atoms with Crippen LogP contribution >= 0.6 is 38.5 Å². The summed E-state index contributed by atoms with van der Waals surface area (Å²) in [6, 6.07) is 27.0. The normalized spacial score (nSPS) is 11.1. The van der Waals surface area contributed by atoms with Gasteiger partial charge in [0, 0.05) is 17.4 Å². The third kappa shape index (κ3) is 27.3. The molecule has 0 amide bonds. The molecule has 0 aromatic heterocycles. The molecule has 0 spiro atoms. The van der Waals surface area contributed by atoms with E-state index in [1.807, 2.05) is 0 Å². The van der Waals surface area contributed by atoms with Gasteiger partial charge in [0.05, 0.1) is 19.6 Å². The molecule has 0 fully saturated rings. The lowest BCUT2D eigenvalue weighted by molar-refractivity contribution is -0.936. The van der Waals surface area contributed by atoms with Crippen LogP contribution in [0.1, 0.15) is 159 Å². The van der Waals surface area contributed by atoms with Gasteiger partial charge in [0.25, 0.3) is 0 Å². The van der Waals surface area contributed by atoms with E-state index in [0.29, 0.717) is 0 Å². The molecular formula is C50H90BrI2N3. The lowest BCUT2D eigenvalue weighted by Crippen LogP contribution is -3.00. The molecule has 326 valence electrons. The lowest BCUT2D eigenvalue weighted by Gasteiger charge is -2.36. The van der Waals surface area contributed by atoms with Gasteiger partial charge in [-0.3, -0.25) is 4.90 Å². The van der Waals surface area contributed by atoms with Crippen LogP contribution < -0.4 is 29.3 Å². The minimum absolute atomic E-state index is 0. The van der Waals surface area contributed by atoms with Crippen LogP contribution in [0, 0.1) is 0 Å². The van der Waals surface area contributed by atoms with E-state index in [1.54, 1.807) is 0 Å². The van der Waals surface area contributed by atoms with E-state index in [1.165, 1.54) is 61.9 Å². The highest BCUT2D eigenvalue weighted by atomic mass is 127. The minimum atomic E-state index is 0. The van der Waals surface area contributed by atoms with E-state index in [0.717, 1.165) is 44.6 Å². The first-order valence-corrected chi connectivity index (χ1v) is 23.5. The Bertz CT molecular complexity index is 1290. The predicted molar refractivity (Wildman–Crippen MR) is 266 cm³/mol. The summed E-state index contributed by atoms with van der Waals surface area (Å²) in [7, 11) is 0. The summed E-state index contributed by atoms with van der Waals surface area (Å²) in [4.78, 5) is 2.44. The zero-order valence-corrected chi connectivity index (χ0v) is 44.6. The SMILES string of the molecule is C.CC(C)(C)c1ccc(CBr)cc1.CCI.CCN(CC)Cc1ccc(C(C)(C)C)cc1.CCNCC.CC[N+](CC)(CC)Cc1ccc(C(C)(C)C)cc1.[I-]. The summed E-state index contributed by atoms with van der Waals surface area (Å²) in [5.41, 5.74) is 9.23. The largest absolute Gasteiger partial charge is 1.00 e. The van der Waals surface area contributed by atoms with Crippen molar-refractivity contribution in [2.75, 3.05) is 50.2 Å². The number of hydrogen-bond donors (Lipinski definition) is 1. The van der Waals surface area contributed by atoms with E-state index in [9.17, 15) is 0 Å². The van der Waals surface area contributed by atoms with E-state index in [-0.39, 0.29) is 47.6 Å². The van der Waals surface area contributed by atoms with Crippen LogP contribution in [0.3, 0.4) is 0 Å². The fourth-order valence-corrected chi connectivity index (χ4v) is 6.04. The van der Waals surface area contributed by atoms with Crippen LogP contribution in [0.5, 0.6) is 0 Å². The van der Waals surface area contributed by atoms with E-state index in [4.69, 9.17) is 0 Å². The highest BCUT2D eigenvalue weighted by Gasteiger charge is 2.22. The van der Waals surface area contributed by atoms with E-state index >= 15 is 0 Å². The van der Waals surface area contributed by atoms with Gasteiger partial charge in [0.15, 0.2) is 0 Å². The molecule has 0 bridgehead atoms. The van der Waals surface area contributed by atoms with Gasteiger partial charge in [-0.2, -0.15) is 0 Å². The highest BCUT2D eigenvalue weighted by molar-refractivity contribution is 14.1. The summed E-state index contributed by atoms with van der Waals surface area (Å²) in [5, 5.41) is 4.05. The molecule has 1 N–H and O–H groups in total. The van der Waals surface area contributed by atoms with Gasteiger partial charge >= 0.3 is 0 Å². The van der Waals surface area contributed by atoms with E-state index < -0.39 is 0 Å². The van der Waals surface area contributed by atoms with Crippen LogP contribution in [0.15, 0.2) is 72.8 Å². The molecule has 3 aromatic carbocycles. The third-order valence-electron chi connectivity index (χ3n) is 9.95. The van der Waals surface area contributed by atoms with Gasteiger partial charge in [-0.1, -0.05) is 216 Å². The molecule has 3 aromatic rings. The van der Waals surface area contributed by atoms with Crippen molar-refractivity contribution in [1.82, 2.24) is 10.2 Å². The molecule has 0 aliphatic carbocycles. The first kappa shape index (κ1) is 62.1. The monoisotopic (exact) mass is 1070 g/mol. The predicted octanol–water partition coefficient (Wildman–Crippen LogP) is 11.8. The summed E-state index contributed by atoms with van der Waals surface area (Å²) >= 11 is 5.72. The van der Waals surface area contributed by atoms with Crippen molar-refractivity contribution < 1.29 is 28.5 Å². The molecule has 0 radical (unpaired) electrons. The topological polar surface area (TPSA) is 15.3 Å².